The van der Waals surface area contributed by atoms with Crippen LogP contribution in [0.4, 0.5) is 0 Å². The van der Waals surface area contributed by atoms with Gasteiger partial charge in [-0.05, 0) is 18.8 Å². The van der Waals surface area contributed by atoms with Crippen molar-refractivity contribution in [3.63, 3.8) is 0 Å². The van der Waals surface area contributed by atoms with Crippen molar-refractivity contribution in [1.82, 2.24) is 5.32 Å². The van der Waals surface area contributed by atoms with Crippen molar-refractivity contribution >= 4 is 11.9 Å². The summed E-state index contributed by atoms with van der Waals surface area (Å²) in [7, 11) is 1.54. The first-order valence-electron chi connectivity index (χ1n) is 5.67. The van der Waals surface area contributed by atoms with Gasteiger partial charge in [-0.2, -0.15) is 0 Å². The fourth-order valence-electron chi connectivity index (χ4n) is 1.26. The maximum atomic E-state index is 11.6. The van der Waals surface area contributed by atoms with Crippen LogP contribution in [0.3, 0.4) is 0 Å². The van der Waals surface area contributed by atoms with Gasteiger partial charge in [-0.3, -0.25) is 4.79 Å². The SMILES string of the molecule is COCCCC(NC(=O)C(N)C(C)C)C(=O)O. The summed E-state index contributed by atoms with van der Waals surface area (Å²) in [6, 6.07) is -1.58. The highest BCUT2D eigenvalue weighted by molar-refractivity contribution is 5.86. The molecule has 0 aromatic heterocycles. The molecule has 17 heavy (non-hydrogen) atoms. The minimum atomic E-state index is -1.05. The molecule has 0 heterocycles. The van der Waals surface area contributed by atoms with E-state index >= 15 is 0 Å². The number of carboxylic acids is 1. The highest BCUT2D eigenvalue weighted by Crippen LogP contribution is 2.02. The number of carboxylic acid groups (broad SMARTS) is 1. The number of carbonyl (C=O) groups is 2. The molecule has 6 heteroatoms. The summed E-state index contributed by atoms with van der Waals surface area (Å²) in [5, 5.41) is 11.4. The van der Waals surface area contributed by atoms with Crippen molar-refractivity contribution in [1.29, 1.82) is 0 Å². The van der Waals surface area contributed by atoms with Crippen LogP contribution in [0.25, 0.3) is 0 Å². The predicted octanol–water partition coefficient (Wildman–Crippen LogP) is -0.0343. The highest BCUT2D eigenvalue weighted by Gasteiger charge is 2.24. The van der Waals surface area contributed by atoms with Gasteiger partial charge in [0.25, 0.3) is 0 Å². The first-order chi connectivity index (χ1) is 7.90. The molecule has 0 aliphatic rings. The normalized spacial score (nSPS) is 14.4. The molecule has 4 N–H and O–H groups in total. The lowest BCUT2D eigenvalue weighted by Crippen LogP contribution is -2.50. The number of amides is 1. The van der Waals surface area contributed by atoms with Crippen molar-refractivity contribution in [2.24, 2.45) is 11.7 Å². The number of rotatable bonds is 8. The van der Waals surface area contributed by atoms with Crippen LogP contribution < -0.4 is 11.1 Å². The van der Waals surface area contributed by atoms with E-state index in [9.17, 15) is 9.59 Å². The quantitative estimate of drug-likeness (QED) is 0.522. The van der Waals surface area contributed by atoms with E-state index in [1.54, 1.807) is 7.11 Å². The largest absolute Gasteiger partial charge is 0.480 e. The molecule has 0 radical (unpaired) electrons. The zero-order valence-electron chi connectivity index (χ0n) is 10.6. The van der Waals surface area contributed by atoms with Gasteiger partial charge in [-0.1, -0.05) is 13.8 Å². The standard InChI is InChI=1S/C11H22N2O4/c1-7(2)9(12)10(14)13-8(11(15)16)5-4-6-17-3/h7-9H,4-6,12H2,1-3H3,(H,13,14)(H,15,16). The molecule has 0 fully saturated rings. The number of carbonyl (C=O) groups excluding carboxylic acids is 1. The molecule has 0 aliphatic carbocycles. The molecule has 1 amide bonds. The lowest BCUT2D eigenvalue weighted by molar-refractivity contribution is -0.142. The molecular weight excluding hydrogens is 224 g/mol. The van der Waals surface area contributed by atoms with E-state index in [0.29, 0.717) is 19.4 Å². The molecule has 0 aromatic rings. The summed E-state index contributed by atoms with van der Waals surface area (Å²) in [6.45, 7) is 4.09. The number of aliphatic carboxylic acids is 1. The van der Waals surface area contributed by atoms with Crippen LogP contribution in [-0.4, -0.2) is 42.8 Å². The molecule has 0 bridgehead atoms. The Hall–Kier alpha value is -1.14. The van der Waals surface area contributed by atoms with E-state index in [0.717, 1.165) is 0 Å². The lowest BCUT2D eigenvalue weighted by atomic mass is 10.0. The maximum absolute atomic E-state index is 11.6. The number of nitrogens with two attached hydrogens (primary N) is 1. The Morgan fingerprint density at radius 3 is 2.41 bits per heavy atom. The van der Waals surface area contributed by atoms with Gasteiger partial charge in [-0.25, -0.2) is 4.79 Å². The summed E-state index contributed by atoms with van der Waals surface area (Å²) in [5.41, 5.74) is 5.63. The summed E-state index contributed by atoms with van der Waals surface area (Å²) in [6.07, 6.45) is 0.907. The number of hydrogen-bond acceptors (Lipinski definition) is 4. The number of nitrogens with one attached hydrogen (secondary N) is 1. The fourth-order valence-corrected chi connectivity index (χ4v) is 1.26. The van der Waals surface area contributed by atoms with Crippen LogP contribution in [0, 0.1) is 5.92 Å². The van der Waals surface area contributed by atoms with E-state index in [1.165, 1.54) is 0 Å². The second-order valence-corrected chi connectivity index (χ2v) is 4.30. The molecule has 0 rings (SSSR count). The first-order valence-corrected chi connectivity index (χ1v) is 5.67. The fraction of sp³-hybridized carbons (Fsp3) is 0.818. The molecule has 0 saturated heterocycles. The Labute approximate surface area is 102 Å². The van der Waals surface area contributed by atoms with Gasteiger partial charge in [-0.15, -0.1) is 0 Å². The minimum absolute atomic E-state index is 0.0246. The molecule has 0 aromatic carbocycles. The van der Waals surface area contributed by atoms with Gasteiger partial charge in [0, 0.05) is 13.7 Å². The maximum Gasteiger partial charge on any atom is 0.326 e. The Bertz CT molecular complexity index is 256. The summed E-state index contributed by atoms with van der Waals surface area (Å²) in [5.74, 6) is -1.50. The second-order valence-electron chi connectivity index (χ2n) is 4.30. The van der Waals surface area contributed by atoms with Gasteiger partial charge < -0.3 is 20.9 Å². The predicted molar refractivity (Wildman–Crippen MR) is 63.5 cm³/mol. The molecule has 0 saturated carbocycles. The Morgan fingerprint density at radius 2 is 2.00 bits per heavy atom. The summed E-state index contributed by atoms with van der Waals surface area (Å²) < 4.78 is 4.83. The Balaban J connectivity index is 4.25. The number of hydrogen-bond donors (Lipinski definition) is 3. The van der Waals surface area contributed by atoms with Crippen LogP contribution in [0.2, 0.25) is 0 Å². The monoisotopic (exact) mass is 246 g/mol. The summed E-state index contributed by atoms with van der Waals surface area (Å²) >= 11 is 0. The van der Waals surface area contributed by atoms with Gasteiger partial charge in [0.05, 0.1) is 6.04 Å². The lowest BCUT2D eigenvalue weighted by Gasteiger charge is -2.19. The third-order valence-corrected chi connectivity index (χ3v) is 2.48. The van der Waals surface area contributed by atoms with E-state index in [-0.39, 0.29) is 5.92 Å². The van der Waals surface area contributed by atoms with Crippen molar-refractivity contribution in [3.05, 3.63) is 0 Å². The van der Waals surface area contributed by atoms with Gasteiger partial charge in [0.2, 0.25) is 5.91 Å². The first kappa shape index (κ1) is 15.9. The molecule has 2 unspecified atom stereocenters. The van der Waals surface area contributed by atoms with Gasteiger partial charge in [0.1, 0.15) is 6.04 Å². The molecular formula is C11H22N2O4. The van der Waals surface area contributed by atoms with Crippen molar-refractivity contribution < 1.29 is 19.4 Å². The Kier molecular flexibility index (Phi) is 7.49. The van der Waals surface area contributed by atoms with Gasteiger partial charge in [0.15, 0.2) is 0 Å². The van der Waals surface area contributed by atoms with Crippen molar-refractivity contribution in [3.8, 4) is 0 Å². The highest BCUT2D eigenvalue weighted by atomic mass is 16.5. The Morgan fingerprint density at radius 1 is 1.41 bits per heavy atom. The van der Waals surface area contributed by atoms with E-state index in [2.05, 4.69) is 5.32 Å². The number of methoxy groups -OCH3 is 1. The molecule has 0 aliphatic heterocycles. The molecule has 2 atom stereocenters. The molecule has 100 valence electrons. The van der Waals surface area contributed by atoms with E-state index in [1.807, 2.05) is 13.8 Å². The second kappa shape index (κ2) is 8.03. The summed E-state index contributed by atoms with van der Waals surface area (Å²) in [4.78, 5) is 22.5. The van der Waals surface area contributed by atoms with Crippen molar-refractivity contribution in [2.45, 2.75) is 38.8 Å². The van der Waals surface area contributed by atoms with E-state index in [4.69, 9.17) is 15.6 Å². The third-order valence-electron chi connectivity index (χ3n) is 2.48. The van der Waals surface area contributed by atoms with Crippen LogP contribution in [0.1, 0.15) is 26.7 Å². The average Bonchev–Trinajstić information content (AvgIpc) is 2.26. The molecule has 0 spiro atoms. The van der Waals surface area contributed by atoms with Gasteiger partial charge >= 0.3 is 5.97 Å². The smallest absolute Gasteiger partial charge is 0.326 e. The van der Waals surface area contributed by atoms with Crippen molar-refractivity contribution in [2.75, 3.05) is 13.7 Å². The van der Waals surface area contributed by atoms with E-state index < -0.39 is 24.0 Å². The van der Waals surface area contributed by atoms with Crippen LogP contribution in [0.15, 0.2) is 0 Å². The average molecular weight is 246 g/mol. The zero-order valence-corrected chi connectivity index (χ0v) is 10.6. The molecule has 6 nitrogen and oxygen atoms in total. The van der Waals surface area contributed by atoms with Crippen LogP contribution >= 0.6 is 0 Å². The topological polar surface area (TPSA) is 102 Å². The minimum Gasteiger partial charge on any atom is -0.480 e. The van der Waals surface area contributed by atoms with Crippen LogP contribution in [-0.2, 0) is 14.3 Å². The number of ether oxygens (including phenoxy) is 1. The third kappa shape index (κ3) is 6.23. The van der Waals surface area contributed by atoms with Crippen LogP contribution in [0.5, 0.6) is 0 Å². The zero-order chi connectivity index (χ0) is 13.4.